The molecule has 2 unspecified atom stereocenters. The molecule has 0 aliphatic rings. The molecule has 0 amide bonds. The van der Waals surface area contributed by atoms with Gasteiger partial charge in [0, 0.05) is 6.42 Å². The second-order valence-electron chi connectivity index (χ2n) is 6.47. The minimum Gasteiger partial charge on any atom is -0.790 e. The van der Waals surface area contributed by atoms with Crippen LogP contribution >= 0.6 is 7.82 Å². The number of unbranched alkanes of at least 4 members (excludes halogenated alkanes) is 10. The molecule has 0 fully saturated rings. The number of ketones is 1. The molecule has 0 aliphatic carbocycles. The van der Waals surface area contributed by atoms with Gasteiger partial charge in [-0.3, -0.25) is 4.79 Å². The predicted octanol–water partition coefficient (Wildman–Crippen LogP) is -4.17. The van der Waals surface area contributed by atoms with Crippen molar-refractivity contribution in [1.82, 2.24) is 0 Å². The summed E-state index contributed by atoms with van der Waals surface area (Å²) in [5.41, 5.74) is 0. The van der Waals surface area contributed by atoms with Crippen molar-refractivity contribution in [2.45, 2.75) is 96.2 Å². The number of Topliss-reactive ketones (excluding diaryl/α,β-unsaturated/α-hetero) is 1. The van der Waals surface area contributed by atoms with Gasteiger partial charge in [-0.2, -0.15) is 0 Å². The molecule has 0 bridgehead atoms. The zero-order valence-electron chi connectivity index (χ0n) is 17.2. The molecule has 10 heteroatoms. The van der Waals surface area contributed by atoms with E-state index in [4.69, 9.17) is 5.11 Å². The Balaban J connectivity index is -0.00000288. The van der Waals surface area contributed by atoms with E-state index in [1.165, 1.54) is 44.9 Å². The monoisotopic (exact) mass is 426 g/mol. The summed E-state index contributed by atoms with van der Waals surface area (Å²) in [6.07, 6.45) is 8.74. The summed E-state index contributed by atoms with van der Waals surface area (Å²) < 4.78 is 14.7. The van der Waals surface area contributed by atoms with Crippen LogP contribution in [0.1, 0.15) is 84.0 Å². The summed E-state index contributed by atoms with van der Waals surface area (Å²) >= 11 is 0. The number of hydrogen-bond donors (Lipinski definition) is 2. The van der Waals surface area contributed by atoms with Crippen LogP contribution in [0, 0.1) is 0 Å². The number of carbonyl (C=O) groups excluding carboxylic acids is 1. The maximum absolute atomic E-state index is 11.9. The van der Waals surface area contributed by atoms with E-state index in [1.54, 1.807) is 0 Å². The van der Waals surface area contributed by atoms with Crippen molar-refractivity contribution < 1.29 is 93.0 Å². The first-order chi connectivity index (χ1) is 11.8. The Morgan fingerprint density at radius 1 is 0.926 bits per heavy atom. The van der Waals surface area contributed by atoms with Crippen molar-refractivity contribution in [3.05, 3.63) is 0 Å². The van der Waals surface area contributed by atoms with Crippen molar-refractivity contribution >= 4 is 13.6 Å². The fourth-order valence-corrected chi connectivity index (χ4v) is 3.22. The second-order valence-corrected chi connectivity index (χ2v) is 7.58. The zero-order chi connectivity index (χ0) is 19.1. The molecule has 0 saturated heterocycles. The molecular weight excluding hydrogens is 393 g/mol. The molecule has 0 aliphatic heterocycles. The molecule has 7 nitrogen and oxygen atoms in total. The third-order valence-corrected chi connectivity index (χ3v) is 4.61. The number of hydrogen-bond acceptors (Lipinski definition) is 7. The summed E-state index contributed by atoms with van der Waals surface area (Å²) in [6.45, 7) is 1.35. The van der Waals surface area contributed by atoms with Gasteiger partial charge in [0.05, 0.1) is 14.4 Å². The Labute approximate surface area is 207 Å². The number of phosphoric acid groups is 1. The van der Waals surface area contributed by atoms with Gasteiger partial charge in [0.1, 0.15) is 12.2 Å². The fourth-order valence-electron chi connectivity index (χ4n) is 2.68. The first kappa shape index (κ1) is 33.3. The van der Waals surface area contributed by atoms with Gasteiger partial charge in [0.25, 0.3) is 0 Å². The van der Waals surface area contributed by atoms with Crippen molar-refractivity contribution in [1.29, 1.82) is 0 Å². The average Bonchev–Trinajstić information content (AvgIpc) is 2.55. The van der Waals surface area contributed by atoms with Crippen LogP contribution in [0.5, 0.6) is 0 Å². The van der Waals surface area contributed by atoms with Crippen LogP contribution in [0.3, 0.4) is 0 Å². The van der Waals surface area contributed by atoms with E-state index in [0.717, 1.165) is 19.3 Å². The summed E-state index contributed by atoms with van der Waals surface area (Å²) in [5.74, 6) is -0.676. The third kappa shape index (κ3) is 20.7. The van der Waals surface area contributed by atoms with Crippen LogP contribution < -0.4 is 68.9 Å². The van der Waals surface area contributed by atoms with Crippen LogP contribution in [-0.2, 0) is 13.9 Å². The summed E-state index contributed by atoms with van der Waals surface area (Å²) in [7, 11) is -5.40. The molecule has 2 N–H and O–H groups in total. The first-order valence-electron chi connectivity index (χ1n) is 9.34. The molecule has 0 radical (unpaired) electrons. The van der Waals surface area contributed by atoms with Gasteiger partial charge >= 0.3 is 59.1 Å². The van der Waals surface area contributed by atoms with E-state index in [-0.39, 0.29) is 65.5 Å². The molecule has 0 heterocycles. The topological polar surface area (TPSA) is 130 Å². The fraction of sp³-hybridized carbons (Fsp3) is 0.941. The Kier molecular flexibility index (Phi) is 25.9. The van der Waals surface area contributed by atoms with Crippen molar-refractivity contribution in [2.24, 2.45) is 0 Å². The smallest absolute Gasteiger partial charge is 0.790 e. The summed E-state index contributed by atoms with van der Waals surface area (Å²) in [5, 5.41) is 18.3. The van der Waals surface area contributed by atoms with Gasteiger partial charge in [-0.15, -0.1) is 0 Å². The minimum absolute atomic E-state index is 0. The SMILES string of the molecule is CCCCCCCCCCCCCC(=O)C(OP(=O)([O-])[O-])C(O)CO.[Na+].[Na+]. The van der Waals surface area contributed by atoms with E-state index in [1.807, 2.05) is 0 Å². The number of aliphatic hydroxyl groups excluding tert-OH is 2. The molecule has 0 spiro atoms. The van der Waals surface area contributed by atoms with Crippen molar-refractivity contribution in [3.8, 4) is 0 Å². The molecule has 0 aromatic heterocycles. The number of carbonyl (C=O) groups is 1. The van der Waals surface area contributed by atoms with Gasteiger partial charge in [0.2, 0.25) is 0 Å². The van der Waals surface area contributed by atoms with Crippen LogP contribution in [-0.4, -0.2) is 34.8 Å². The summed E-state index contributed by atoms with van der Waals surface area (Å²) in [4.78, 5) is 33.1. The Morgan fingerprint density at radius 2 is 1.33 bits per heavy atom. The van der Waals surface area contributed by atoms with Crippen LogP contribution in [0.4, 0.5) is 0 Å². The largest absolute Gasteiger partial charge is 1.00 e. The zero-order valence-corrected chi connectivity index (χ0v) is 22.1. The number of aliphatic hydroxyl groups is 2. The van der Waals surface area contributed by atoms with Crippen LogP contribution in [0.15, 0.2) is 0 Å². The quantitative estimate of drug-likeness (QED) is 0.137. The van der Waals surface area contributed by atoms with Gasteiger partial charge < -0.3 is 29.1 Å². The Bertz CT molecular complexity index is 393. The van der Waals surface area contributed by atoms with Crippen molar-refractivity contribution in [3.63, 3.8) is 0 Å². The van der Waals surface area contributed by atoms with Gasteiger partial charge in [-0.1, -0.05) is 71.1 Å². The molecular formula is C17H33Na2O7P. The first-order valence-corrected chi connectivity index (χ1v) is 10.8. The molecule has 0 aromatic carbocycles. The Morgan fingerprint density at radius 3 is 1.70 bits per heavy atom. The second kappa shape index (κ2) is 21.0. The molecule has 0 aromatic rings. The van der Waals surface area contributed by atoms with Crippen molar-refractivity contribution in [2.75, 3.05) is 6.61 Å². The van der Waals surface area contributed by atoms with E-state index < -0.39 is 32.4 Å². The number of phosphoric ester groups is 1. The van der Waals surface area contributed by atoms with Gasteiger partial charge in [0.15, 0.2) is 5.78 Å². The number of rotatable bonds is 17. The Hall–Kier alpha value is 1.70. The summed E-state index contributed by atoms with van der Waals surface area (Å²) in [6, 6.07) is 0. The average molecular weight is 426 g/mol. The standard InChI is InChI=1S/C17H35O7P.2Na/c1-2-3-4-5-6-7-8-9-10-11-12-13-15(19)17(16(20)14-18)24-25(21,22)23;;/h16-18,20H,2-14H2,1H3,(H2,21,22,23);;/q;2*+1/p-2. The van der Waals surface area contributed by atoms with Crippen LogP contribution in [0.25, 0.3) is 0 Å². The van der Waals surface area contributed by atoms with Gasteiger partial charge in [-0.25, -0.2) is 0 Å². The molecule has 150 valence electrons. The normalized spacial score (nSPS) is 13.4. The van der Waals surface area contributed by atoms with Crippen LogP contribution in [0.2, 0.25) is 0 Å². The maximum atomic E-state index is 11.9. The third-order valence-electron chi connectivity index (χ3n) is 4.12. The van der Waals surface area contributed by atoms with E-state index in [2.05, 4.69) is 11.4 Å². The van der Waals surface area contributed by atoms with E-state index >= 15 is 0 Å². The molecule has 2 atom stereocenters. The molecule has 0 rings (SSSR count). The van der Waals surface area contributed by atoms with E-state index in [0.29, 0.717) is 6.42 Å². The van der Waals surface area contributed by atoms with E-state index in [9.17, 15) is 24.3 Å². The minimum atomic E-state index is -5.40. The van der Waals surface area contributed by atoms with Gasteiger partial charge in [-0.05, 0) is 6.42 Å². The predicted molar refractivity (Wildman–Crippen MR) is 91.7 cm³/mol. The maximum Gasteiger partial charge on any atom is 1.00 e. The molecule has 27 heavy (non-hydrogen) atoms. The molecule has 0 saturated carbocycles.